The molecule has 11 heteroatoms. The number of anilines is 1. The van der Waals surface area contributed by atoms with Crippen LogP contribution in [-0.2, 0) is 4.79 Å². The molecule has 0 radical (unpaired) electrons. The van der Waals surface area contributed by atoms with Gasteiger partial charge in [0.2, 0.25) is 0 Å². The first-order valence-electron chi connectivity index (χ1n) is 6.89. The van der Waals surface area contributed by atoms with E-state index in [2.05, 4.69) is 5.32 Å². The largest absolute Gasteiger partial charge is 0.481 e. The van der Waals surface area contributed by atoms with Crippen LogP contribution in [0.2, 0.25) is 0 Å². The zero-order chi connectivity index (χ0) is 18.3. The summed E-state index contributed by atoms with van der Waals surface area (Å²) >= 11 is 0. The van der Waals surface area contributed by atoms with Crippen LogP contribution in [-0.4, -0.2) is 38.5 Å². The average molecular weight is 341 g/mol. The Labute approximate surface area is 135 Å². The molecule has 1 rings (SSSR count). The summed E-state index contributed by atoms with van der Waals surface area (Å²) in [5, 5.41) is 42.1. The van der Waals surface area contributed by atoms with E-state index in [1.54, 1.807) is 0 Å². The molecule has 0 saturated heterocycles. The highest BCUT2D eigenvalue weighted by Gasteiger charge is 2.27. The second-order valence-electron chi connectivity index (χ2n) is 4.84. The molecule has 0 bridgehead atoms. The maximum atomic E-state index is 11.2. The fourth-order valence-corrected chi connectivity index (χ4v) is 2.01. The highest BCUT2D eigenvalue weighted by Crippen LogP contribution is 2.33. The van der Waals surface area contributed by atoms with Gasteiger partial charge in [0.05, 0.1) is 21.5 Å². The first-order chi connectivity index (χ1) is 11.2. The fraction of sp³-hybridized carbons (Fsp3) is 0.385. The molecule has 11 nitrogen and oxygen atoms in total. The third kappa shape index (κ3) is 5.19. The quantitative estimate of drug-likeness (QED) is 0.327. The minimum absolute atomic E-state index is 0.00193. The second-order valence-corrected chi connectivity index (χ2v) is 4.84. The van der Waals surface area contributed by atoms with Crippen molar-refractivity contribution < 1.29 is 29.6 Å². The van der Waals surface area contributed by atoms with Crippen molar-refractivity contribution in [1.29, 1.82) is 0 Å². The van der Waals surface area contributed by atoms with Crippen molar-refractivity contribution in [2.45, 2.75) is 25.7 Å². The second kappa shape index (κ2) is 8.41. The molecule has 0 atom stereocenters. The number of non-ortho nitro benzene ring substituents is 1. The summed E-state index contributed by atoms with van der Waals surface area (Å²) in [7, 11) is 0. The molecule has 0 fully saturated rings. The van der Waals surface area contributed by atoms with E-state index in [-0.39, 0.29) is 18.7 Å². The Bertz CT molecular complexity index is 638. The van der Waals surface area contributed by atoms with E-state index < -0.39 is 38.7 Å². The Morgan fingerprint density at radius 2 is 1.71 bits per heavy atom. The van der Waals surface area contributed by atoms with Gasteiger partial charge in [-0.15, -0.1) is 0 Å². The van der Waals surface area contributed by atoms with Crippen LogP contribution < -0.4 is 5.32 Å². The van der Waals surface area contributed by atoms with Crippen molar-refractivity contribution in [1.82, 2.24) is 0 Å². The third-order valence-corrected chi connectivity index (χ3v) is 3.11. The van der Waals surface area contributed by atoms with Crippen LogP contribution >= 0.6 is 0 Å². The molecular weight excluding hydrogens is 326 g/mol. The SMILES string of the molecule is O=C(O)CCCCCNc1c(C(=O)O)cc([N+](=O)[O-])cc1[N+](=O)[O-]. The summed E-state index contributed by atoms with van der Waals surface area (Å²) in [6.45, 7) is 0.165. The first kappa shape index (κ1) is 18.8. The summed E-state index contributed by atoms with van der Waals surface area (Å²) in [5.74, 6) is -2.46. The van der Waals surface area contributed by atoms with Crippen LogP contribution in [0.4, 0.5) is 17.1 Å². The molecule has 24 heavy (non-hydrogen) atoms. The molecule has 130 valence electrons. The smallest absolute Gasteiger partial charge is 0.338 e. The molecule has 0 heterocycles. The highest BCUT2D eigenvalue weighted by molar-refractivity contribution is 5.98. The van der Waals surface area contributed by atoms with Crippen LogP contribution in [0.5, 0.6) is 0 Å². The van der Waals surface area contributed by atoms with Crippen LogP contribution in [0.25, 0.3) is 0 Å². The summed E-state index contributed by atoms with van der Waals surface area (Å²) in [4.78, 5) is 41.6. The van der Waals surface area contributed by atoms with Gasteiger partial charge in [-0.05, 0) is 12.8 Å². The van der Waals surface area contributed by atoms with Gasteiger partial charge in [0, 0.05) is 19.0 Å². The lowest BCUT2D eigenvalue weighted by atomic mass is 10.1. The number of carboxylic acids is 2. The van der Waals surface area contributed by atoms with Gasteiger partial charge in [0.15, 0.2) is 0 Å². The minimum Gasteiger partial charge on any atom is -0.481 e. The number of benzene rings is 1. The Hall–Kier alpha value is -3.24. The Morgan fingerprint density at radius 1 is 1.04 bits per heavy atom. The third-order valence-electron chi connectivity index (χ3n) is 3.11. The number of nitrogens with zero attached hydrogens (tertiary/aromatic N) is 2. The molecular formula is C13H15N3O8. The lowest BCUT2D eigenvalue weighted by molar-refractivity contribution is -0.393. The number of hydrogen-bond acceptors (Lipinski definition) is 7. The molecule has 0 amide bonds. The van der Waals surface area contributed by atoms with Crippen molar-refractivity contribution in [3.05, 3.63) is 37.9 Å². The Kier molecular flexibility index (Phi) is 6.59. The number of nitro benzene ring substituents is 2. The monoisotopic (exact) mass is 341 g/mol. The predicted molar refractivity (Wildman–Crippen MR) is 81.3 cm³/mol. The number of aromatic carboxylic acids is 1. The normalized spacial score (nSPS) is 10.2. The topological polar surface area (TPSA) is 173 Å². The number of nitro groups is 2. The summed E-state index contributed by atoms with van der Waals surface area (Å²) < 4.78 is 0. The lowest BCUT2D eigenvalue weighted by Crippen LogP contribution is -2.11. The van der Waals surface area contributed by atoms with E-state index >= 15 is 0 Å². The van der Waals surface area contributed by atoms with Gasteiger partial charge in [0.25, 0.3) is 11.4 Å². The van der Waals surface area contributed by atoms with Crippen molar-refractivity contribution in [3.63, 3.8) is 0 Å². The summed E-state index contributed by atoms with van der Waals surface area (Å²) in [6.07, 6.45) is 1.41. The van der Waals surface area contributed by atoms with E-state index in [4.69, 9.17) is 10.2 Å². The lowest BCUT2D eigenvalue weighted by Gasteiger charge is -2.10. The number of rotatable bonds is 10. The van der Waals surface area contributed by atoms with Crippen LogP contribution in [0, 0.1) is 20.2 Å². The average Bonchev–Trinajstić information content (AvgIpc) is 2.49. The van der Waals surface area contributed by atoms with Crippen molar-refractivity contribution in [2.24, 2.45) is 0 Å². The van der Waals surface area contributed by atoms with Crippen molar-refractivity contribution >= 4 is 29.0 Å². The number of nitrogens with one attached hydrogen (secondary N) is 1. The molecule has 1 aromatic carbocycles. The van der Waals surface area contributed by atoms with Gasteiger partial charge in [0.1, 0.15) is 5.69 Å². The van der Waals surface area contributed by atoms with E-state index in [1.165, 1.54) is 0 Å². The Balaban J connectivity index is 2.94. The van der Waals surface area contributed by atoms with Gasteiger partial charge in [-0.1, -0.05) is 6.42 Å². The van der Waals surface area contributed by atoms with Gasteiger partial charge < -0.3 is 15.5 Å². The van der Waals surface area contributed by atoms with Gasteiger partial charge in [-0.2, -0.15) is 0 Å². The predicted octanol–water partition coefficient (Wildman–Crippen LogP) is 2.26. The molecule has 1 aromatic rings. The first-order valence-corrected chi connectivity index (χ1v) is 6.89. The van der Waals surface area contributed by atoms with Crippen LogP contribution in [0.3, 0.4) is 0 Å². The maximum absolute atomic E-state index is 11.2. The number of unbranched alkanes of at least 4 members (excludes halogenated alkanes) is 2. The molecule has 0 spiro atoms. The number of aliphatic carboxylic acids is 1. The molecule has 0 aromatic heterocycles. The van der Waals surface area contributed by atoms with Gasteiger partial charge in [-0.25, -0.2) is 4.79 Å². The fourth-order valence-electron chi connectivity index (χ4n) is 2.01. The van der Waals surface area contributed by atoms with E-state index in [1.807, 2.05) is 0 Å². The van der Waals surface area contributed by atoms with E-state index in [0.717, 1.165) is 6.07 Å². The Morgan fingerprint density at radius 3 is 2.21 bits per heavy atom. The molecule has 0 aliphatic rings. The van der Waals surface area contributed by atoms with Gasteiger partial charge >= 0.3 is 11.9 Å². The van der Waals surface area contributed by atoms with E-state index in [9.17, 15) is 29.8 Å². The van der Waals surface area contributed by atoms with E-state index in [0.29, 0.717) is 25.3 Å². The van der Waals surface area contributed by atoms with Crippen molar-refractivity contribution in [3.8, 4) is 0 Å². The maximum Gasteiger partial charge on any atom is 0.338 e. The molecule has 3 N–H and O–H groups in total. The van der Waals surface area contributed by atoms with Crippen LogP contribution in [0.15, 0.2) is 12.1 Å². The summed E-state index contributed by atoms with van der Waals surface area (Å²) in [6, 6.07) is 1.45. The van der Waals surface area contributed by atoms with Gasteiger partial charge in [-0.3, -0.25) is 25.0 Å². The van der Waals surface area contributed by atoms with Crippen molar-refractivity contribution in [2.75, 3.05) is 11.9 Å². The number of hydrogen-bond donors (Lipinski definition) is 3. The zero-order valence-corrected chi connectivity index (χ0v) is 12.4. The molecule has 0 aliphatic carbocycles. The van der Waals surface area contributed by atoms with Crippen LogP contribution in [0.1, 0.15) is 36.0 Å². The number of carbonyl (C=O) groups is 2. The molecule has 0 aliphatic heterocycles. The number of carboxylic acid groups (broad SMARTS) is 2. The standard InChI is InChI=1S/C13H15N3O8/c17-11(18)4-2-1-3-5-14-12-9(13(19)20)6-8(15(21)22)7-10(12)16(23)24/h6-7,14H,1-5H2,(H,17,18)(H,19,20). The zero-order valence-electron chi connectivity index (χ0n) is 12.4. The minimum atomic E-state index is -1.53. The summed E-state index contributed by atoms with van der Waals surface area (Å²) in [5.41, 5.74) is -2.27. The molecule has 0 saturated carbocycles. The molecule has 0 unspecified atom stereocenters. The highest BCUT2D eigenvalue weighted by atomic mass is 16.6.